The molecule has 5 heteroatoms. The largest absolute Gasteiger partial charge is 0.367 e. The molecule has 2 N–H and O–H groups in total. The second-order valence-electron chi connectivity index (χ2n) is 5.44. The van der Waals surface area contributed by atoms with Crippen molar-refractivity contribution in [3.05, 3.63) is 36.0 Å². The van der Waals surface area contributed by atoms with Crippen LogP contribution < -0.4 is 5.73 Å². The zero-order valence-electron chi connectivity index (χ0n) is 12.5. The second kappa shape index (κ2) is 6.28. The molecule has 1 aromatic carbocycles. The predicted molar refractivity (Wildman–Crippen MR) is 83.7 cm³/mol. The molecule has 0 saturated carbocycles. The van der Waals surface area contributed by atoms with Gasteiger partial charge in [-0.1, -0.05) is 42.4 Å². The Morgan fingerprint density at radius 3 is 2.43 bits per heavy atom. The number of aromatic nitrogens is 1. The number of nitrogens with two attached hydrogens (primary N) is 1. The first-order valence-corrected chi connectivity index (χ1v) is 7.52. The lowest BCUT2D eigenvalue weighted by Crippen LogP contribution is -2.45. The SMILES string of the molecule is CCN1CCN(Cc2noc(N)c2-c2ccccc2)CC1. The first kappa shape index (κ1) is 14.1. The molecule has 0 bridgehead atoms. The topological polar surface area (TPSA) is 58.5 Å². The van der Waals surface area contributed by atoms with Crippen LogP contribution in [0, 0.1) is 0 Å². The standard InChI is InChI=1S/C16H22N4O/c1-2-19-8-10-20(11-9-19)12-14-15(16(17)21-18-14)13-6-4-3-5-7-13/h3-7H,2,8-12,17H2,1H3. The quantitative estimate of drug-likeness (QED) is 0.932. The van der Waals surface area contributed by atoms with Crippen LogP contribution in [0.3, 0.4) is 0 Å². The average molecular weight is 286 g/mol. The molecular weight excluding hydrogens is 264 g/mol. The van der Waals surface area contributed by atoms with E-state index >= 15 is 0 Å². The number of piperazine rings is 1. The zero-order chi connectivity index (χ0) is 14.7. The van der Waals surface area contributed by atoms with Crippen molar-refractivity contribution in [3.8, 4) is 11.1 Å². The van der Waals surface area contributed by atoms with Gasteiger partial charge >= 0.3 is 0 Å². The Hall–Kier alpha value is -1.85. The zero-order valence-corrected chi connectivity index (χ0v) is 12.5. The van der Waals surface area contributed by atoms with E-state index in [0.29, 0.717) is 5.88 Å². The summed E-state index contributed by atoms with van der Waals surface area (Å²) in [6.45, 7) is 8.49. The molecule has 112 valence electrons. The fourth-order valence-corrected chi connectivity index (χ4v) is 2.83. The highest BCUT2D eigenvalue weighted by atomic mass is 16.5. The number of hydrogen-bond donors (Lipinski definition) is 1. The van der Waals surface area contributed by atoms with Crippen molar-refractivity contribution in [2.75, 3.05) is 38.5 Å². The van der Waals surface area contributed by atoms with Gasteiger partial charge in [0.2, 0.25) is 5.88 Å². The van der Waals surface area contributed by atoms with E-state index in [1.54, 1.807) is 0 Å². The van der Waals surface area contributed by atoms with E-state index in [0.717, 1.165) is 56.1 Å². The smallest absolute Gasteiger partial charge is 0.230 e. The van der Waals surface area contributed by atoms with Crippen LogP contribution >= 0.6 is 0 Å². The molecule has 1 aliphatic heterocycles. The summed E-state index contributed by atoms with van der Waals surface area (Å²) < 4.78 is 5.22. The Morgan fingerprint density at radius 1 is 1.10 bits per heavy atom. The number of nitrogens with zero attached hydrogens (tertiary/aromatic N) is 3. The summed E-state index contributed by atoms with van der Waals surface area (Å²) in [4.78, 5) is 4.88. The van der Waals surface area contributed by atoms with E-state index in [1.165, 1.54) is 0 Å². The van der Waals surface area contributed by atoms with Crippen LogP contribution in [-0.2, 0) is 6.54 Å². The summed E-state index contributed by atoms with van der Waals surface area (Å²) >= 11 is 0. The van der Waals surface area contributed by atoms with Crippen LogP contribution in [0.2, 0.25) is 0 Å². The molecular formula is C16H22N4O. The van der Waals surface area contributed by atoms with Gasteiger partial charge in [-0.3, -0.25) is 4.90 Å². The lowest BCUT2D eigenvalue weighted by molar-refractivity contribution is 0.130. The van der Waals surface area contributed by atoms with E-state index in [-0.39, 0.29) is 0 Å². The Morgan fingerprint density at radius 2 is 1.76 bits per heavy atom. The van der Waals surface area contributed by atoms with E-state index in [1.807, 2.05) is 30.3 Å². The fraction of sp³-hybridized carbons (Fsp3) is 0.438. The monoisotopic (exact) mass is 286 g/mol. The lowest BCUT2D eigenvalue weighted by atomic mass is 10.1. The number of hydrogen-bond acceptors (Lipinski definition) is 5. The molecule has 21 heavy (non-hydrogen) atoms. The minimum atomic E-state index is 0.406. The van der Waals surface area contributed by atoms with Crippen LogP contribution in [-0.4, -0.2) is 47.7 Å². The Balaban J connectivity index is 1.75. The van der Waals surface area contributed by atoms with Crippen molar-refractivity contribution in [1.29, 1.82) is 0 Å². The number of nitrogen functional groups attached to an aromatic ring is 1. The molecule has 0 unspecified atom stereocenters. The van der Waals surface area contributed by atoms with Crippen molar-refractivity contribution in [1.82, 2.24) is 15.0 Å². The third kappa shape index (κ3) is 3.09. The fourth-order valence-electron chi connectivity index (χ4n) is 2.83. The van der Waals surface area contributed by atoms with Gasteiger partial charge < -0.3 is 15.2 Å². The van der Waals surface area contributed by atoms with Gasteiger partial charge in [0.05, 0.1) is 5.56 Å². The summed E-state index contributed by atoms with van der Waals surface area (Å²) in [6.07, 6.45) is 0. The van der Waals surface area contributed by atoms with Gasteiger partial charge in [0.1, 0.15) is 5.69 Å². The summed E-state index contributed by atoms with van der Waals surface area (Å²) in [5, 5.41) is 4.17. The van der Waals surface area contributed by atoms with Gasteiger partial charge in [0.15, 0.2) is 0 Å². The van der Waals surface area contributed by atoms with E-state index in [4.69, 9.17) is 10.3 Å². The molecule has 0 aliphatic carbocycles. The van der Waals surface area contributed by atoms with Crippen LogP contribution in [0.25, 0.3) is 11.1 Å². The van der Waals surface area contributed by atoms with Crippen LogP contribution in [0.1, 0.15) is 12.6 Å². The normalized spacial score (nSPS) is 17.2. The van der Waals surface area contributed by atoms with Crippen molar-refractivity contribution < 1.29 is 4.52 Å². The third-order valence-corrected chi connectivity index (χ3v) is 4.14. The molecule has 1 aromatic heterocycles. The van der Waals surface area contributed by atoms with Crippen molar-refractivity contribution in [2.45, 2.75) is 13.5 Å². The third-order valence-electron chi connectivity index (χ3n) is 4.14. The number of likely N-dealkylation sites (N-methyl/N-ethyl adjacent to an activating group) is 1. The minimum absolute atomic E-state index is 0.406. The van der Waals surface area contributed by atoms with E-state index < -0.39 is 0 Å². The average Bonchev–Trinajstić information content (AvgIpc) is 2.89. The summed E-state index contributed by atoms with van der Waals surface area (Å²) in [5.41, 5.74) is 8.91. The number of benzene rings is 1. The maximum absolute atomic E-state index is 5.97. The predicted octanol–water partition coefficient (Wildman–Crippen LogP) is 2.06. The Labute approximate surface area is 125 Å². The highest BCUT2D eigenvalue weighted by Gasteiger charge is 2.21. The van der Waals surface area contributed by atoms with Gasteiger partial charge in [0, 0.05) is 32.7 Å². The lowest BCUT2D eigenvalue weighted by Gasteiger charge is -2.33. The summed E-state index contributed by atoms with van der Waals surface area (Å²) in [5.74, 6) is 0.406. The van der Waals surface area contributed by atoms with Crippen molar-refractivity contribution in [3.63, 3.8) is 0 Å². The molecule has 0 radical (unpaired) electrons. The van der Waals surface area contributed by atoms with Crippen molar-refractivity contribution in [2.24, 2.45) is 0 Å². The van der Waals surface area contributed by atoms with Crippen LogP contribution in [0.4, 0.5) is 5.88 Å². The van der Waals surface area contributed by atoms with Crippen LogP contribution in [0.15, 0.2) is 34.9 Å². The summed E-state index contributed by atoms with van der Waals surface area (Å²) in [6, 6.07) is 10.1. The highest BCUT2D eigenvalue weighted by Crippen LogP contribution is 2.30. The maximum atomic E-state index is 5.97. The van der Waals surface area contributed by atoms with Crippen LogP contribution in [0.5, 0.6) is 0 Å². The molecule has 5 nitrogen and oxygen atoms in total. The first-order chi connectivity index (χ1) is 10.3. The number of rotatable bonds is 4. The van der Waals surface area contributed by atoms with Gasteiger partial charge in [-0.05, 0) is 12.1 Å². The summed E-state index contributed by atoms with van der Waals surface area (Å²) in [7, 11) is 0. The molecule has 2 heterocycles. The minimum Gasteiger partial charge on any atom is -0.367 e. The molecule has 1 saturated heterocycles. The van der Waals surface area contributed by atoms with Gasteiger partial charge in [-0.2, -0.15) is 0 Å². The first-order valence-electron chi connectivity index (χ1n) is 7.52. The molecule has 3 rings (SSSR count). The maximum Gasteiger partial charge on any atom is 0.230 e. The van der Waals surface area contributed by atoms with E-state index in [9.17, 15) is 0 Å². The molecule has 1 fully saturated rings. The number of anilines is 1. The molecule has 0 amide bonds. The van der Waals surface area contributed by atoms with Crippen molar-refractivity contribution >= 4 is 5.88 Å². The van der Waals surface area contributed by atoms with Gasteiger partial charge in [-0.15, -0.1) is 0 Å². The molecule has 2 aromatic rings. The van der Waals surface area contributed by atoms with Gasteiger partial charge in [0.25, 0.3) is 0 Å². The second-order valence-corrected chi connectivity index (χ2v) is 5.44. The molecule has 0 spiro atoms. The Bertz CT molecular complexity index is 573. The molecule has 1 aliphatic rings. The Kier molecular flexibility index (Phi) is 4.22. The van der Waals surface area contributed by atoms with Gasteiger partial charge in [-0.25, -0.2) is 0 Å². The highest BCUT2D eigenvalue weighted by molar-refractivity contribution is 5.74. The molecule has 0 atom stereocenters. The van der Waals surface area contributed by atoms with E-state index in [2.05, 4.69) is 21.9 Å².